The molecule has 0 N–H and O–H groups in total. The molecule has 3 nitrogen and oxygen atoms in total. The Bertz CT molecular complexity index is 1680. The summed E-state index contributed by atoms with van der Waals surface area (Å²) in [4.78, 5) is 1.40. The Balaban J connectivity index is 3.10. The fourth-order valence-electron chi connectivity index (χ4n) is 6.20. The fourth-order valence-corrected chi connectivity index (χ4v) is 12.4. The van der Waals surface area contributed by atoms with Gasteiger partial charge in [0.1, 0.15) is 0 Å². The van der Waals surface area contributed by atoms with E-state index in [4.69, 9.17) is 3.63 Å². The summed E-state index contributed by atoms with van der Waals surface area (Å²) in [7, 11) is -9.95. The van der Waals surface area contributed by atoms with Crippen LogP contribution in [0.25, 0.3) is 0 Å². The highest BCUT2D eigenvalue weighted by molar-refractivity contribution is 8.33. The van der Waals surface area contributed by atoms with Gasteiger partial charge in [-0.05, 0) is 88.3 Å². The van der Waals surface area contributed by atoms with Gasteiger partial charge >= 0.3 is 15.6 Å². The summed E-state index contributed by atoms with van der Waals surface area (Å²) in [6, 6.07) is 17.1. The third-order valence-corrected chi connectivity index (χ3v) is 14.3. The van der Waals surface area contributed by atoms with Gasteiger partial charge in [-0.25, -0.2) is 0 Å². The summed E-state index contributed by atoms with van der Waals surface area (Å²) in [6.45, 7) is 37.1. The normalized spacial score (nSPS) is 14.9. The van der Waals surface area contributed by atoms with Gasteiger partial charge < -0.3 is 0 Å². The predicted molar refractivity (Wildman–Crippen MR) is 210 cm³/mol. The van der Waals surface area contributed by atoms with Crippen molar-refractivity contribution in [2.75, 3.05) is 0 Å². The Hall–Kier alpha value is -2.29. The second-order valence-corrected chi connectivity index (χ2v) is 24.5. The van der Waals surface area contributed by atoms with Crippen molar-refractivity contribution in [3.63, 3.8) is 0 Å². The molecule has 3 rings (SSSR count). The van der Waals surface area contributed by atoms with Crippen molar-refractivity contribution < 1.29 is 25.2 Å². The highest BCUT2D eigenvalue weighted by Gasteiger charge is 2.56. The summed E-state index contributed by atoms with van der Waals surface area (Å²) in [5.74, 6) is 0. The molecule has 0 aliphatic heterocycles. The molecular formula is C43H63F3O3S2. The van der Waals surface area contributed by atoms with Gasteiger partial charge in [0, 0.05) is 14.7 Å². The van der Waals surface area contributed by atoms with Crippen molar-refractivity contribution in [3.8, 4) is 0 Å². The summed E-state index contributed by atoms with van der Waals surface area (Å²) in [5.41, 5.74) is -3.79. The van der Waals surface area contributed by atoms with E-state index in [9.17, 15) is 21.6 Å². The minimum atomic E-state index is -6.19. The molecule has 0 heterocycles. The van der Waals surface area contributed by atoms with Crippen molar-refractivity contribution in [1.82, 2.24) is 0 Å². The van der Waals surface area contributed by atoms with Crippen LogP contribution in [0.1, 0.15) is 158 Å². The molecule has 3 aromatic rings. The van der Waals surface area contributed by atoms with E-state index >= 15 is 0 Å². The molecule has 0 fully saturated rings. The van der Waals surface area contributed by atoms with Crippen LogP contribution in [-0.4, -0.2) is 13.9 Å². The van der Waals surface area contributed by atoms with Crippen LogP contribution in [-0.2, 0) is 46.2 Å². The molecule has 0 saturated carbocycles. The topological polar surface area (TPSA) is 43.4 Å². The zero-order chi connectivity index (χ0) is 39.8. The number of halogens is 3. The quantitative estimate of drug-likeness (QED) is 0.244. The van der Waals surface area contributed by atoms with Gasteiger partial charge in [-0.2, -0.15) is 25.2 Å². The molecule has 0 aliphatic rings. The lowest BCUT2D eigenvalue weighted by Crippen LogP contribution is -2.33. The van der Waals surface area contributed by atoms with Gasteiger partial charge in [-0.15, -0.1) is 0 Å². The van der Waals surface area contributed by atoms with Crippen LogP contribution < -0.4 is 0 Å². The van der Waals surface area contributed by atoms with Crippen molar-refractivity contribution in [1.29, 1.82) is 0 Å². The standard InChI is InChI=1S/C43H63F3O3S2/c1-37(2,3)28-24-31(39(7,8)9)35(32(25-28)40(10,11)12)50(30-22-20-19-21-23-30,49-51(47,48)43(44,45)46)36-33(41(13,14)15)26-29(38(4,5)6)27-34(36)42(16,17)18/h19-27H,1-18H3. The SMILES string of the molecule is CC(C)(C)c1cc(C(C)(C)C)c(S(OS(=O)(=O)C(F)(F)F)(c2ccccc2)c2c(C(C)(C)C)cc(C(C)(C)C)cc2C(C)(C)C)c(C(C)(C)C)c1. The maximum atomic E-state index is 15.0. The van der Waals surface area contributed by atoms with Crippen LogP contribution in [0.3, 0.4) is 0 Å². The Morgan fingerprint density at radius 3 is 0.941 bits per heavy atom. The lowest BCUT2D eigenvalue weighted by molar-refractivity contribution is -0.0496. The van der Waals surface area contributed by atoms with Crippen LogP contribution >= 0.6 is 10.3 Å². The van der Waals surface area contributed by atoms with Crippen LogP contribution in [0.15, 0.2) is 69.3 Å². The number of benzene rings is 3. The largest absolute Gasteiger partial charge is 0.524 e. The first-order valence-electron chi connectivity index (χ1n) is 17.8. The highest BCUT2D eigenvalue weighted by Crippen LogP contribution is 2.76. The molecule has 286 valence electrons. The van der Waals surface area contributed by atoms with E-state index in [0.717, 1.165) is 33.4 Å². The predicted octanol–water partition coefficient (Wildman–Crippen LogP) is 13.5. The Kier molecular flexibility index (Phi) is 11.2. The third kappa shape index (κ3) is 8.75. The lowest BCUT2D eigenvalue weighted by Gasteiger charge is -2.49. The van der Waals surface area contributed by atoms with Crippen molar-refractivity contribution in [2.45, 2.75) is 177 Å². The van der Waals surface area contributed by atoms with Gasteiger partial charge in [0.15, 0.2) is 0 Å². The van der Waals surface area contributed by atoms with Crippen LogP contribution in [0.4, 0.5) is 13.2 Å². The van der Waals surface area contributed by atoms with Gasteiger partial charge in [-0.3, -0.25) is 0 Å². The van der Waals surface area contributed by atoms with E-state index in [1.165, 1.54) is 0 Å². The zero-order valence-corrected chi connectivity index (χ0v) is 36.0. The number of rotatable bonds is 5. The molecule has 0 unspecified atom stereocenters. The van der Waals surface area contributed by atoms with Crippen LogP contribution in [0.2, 0.25) is 0 Å². The highest BCUT2D eigenvalue weighted by atomic mass is 32.3. The number of hydrogen-bond acceptors (Lipinski definition) is 3. The molecule has 0 saturated heterocycles. The number of hydrogen-bond donors (Lipinski definition) is 0. The summed E-state index contributed by atoms with van der Waals surface area (Å²) in [6.07, 6.45) is 0. The van der Waals surface area contributed by atoms with E-state index in [0.29, 0.717) is 14.7 Å². The van der Waals surface area contributed by atoms with Gasteiger partial charge in [0.05, 0.1) is 0 Å². The van der Waals surface area contributed by atoms with E-state index in [1.54, 1.807) is 30.3 Å². The molecule has 0 spiro atoms. The maximum absolute atomic E-state index is 15.0. The summed E-state index contributed by atoms with van der Waals surface area (Å²) in [5, 5.41) is 0. The maximum Gasteiger partial charge on any atom is 0.524 e. The molecule has 3 aromatic carbocycles. The fraction of sp³-hybridized carbons (Fsp3) is 0.581. The monoisotopic (exact) mass is 748 g/mol. The van der Waals surface area contributed by atoms with Gasteiger partial charge in [-0.1, -0.05) is 167 Å². The van der Waals surface area contributed by atoms with E-state index < -0.39 is 47.6 Å². The molecule has 0 bridgehead atoms. The molecule has 8 heteroatoms. The Labute approximate surface area is 309 Å². The first-order valence-corrected chi connectivity index (χ1v) is 20.7. The van der Waals surface area contributed by atoms with Gasteiger partial charge in [0.2, 0.25) is 0 Å². The van der Waals surface area contributed by atoms with Crippen molar-refractivity contribution in [3.05, 3.63) is 88.0 Å². The summed E-state index contributed by atoms with van der Waals surface area (Å²) < 4.78 is 79.2. The molecule has 0 amide bonds. The van der Waals surface area contributed by atoms with Crippen LogP contribution in [0, 0.1) is 0 Å². The molecular weight excluding hydrogens is 686 g/mol. The van der Waals surface area contributed by atoms with E-state index in [2.05, 4.69) is 65.8 Å². The molecule has 0 aliphatic carbocycles. The van der Waals surface area contributed by atoms with Gasteiger partial charge in [0.25, 0.3) is 0 Å². The third-order valence-electron chi connectivity index (χ3n) is 9.27. The molecule has 0 atom stereocenters. The van der Waals surface area contributed by atoms with Crippen LogP contribution in [0.5, 0.6) is 0 Å². The first-order chi connectivity index (χ1) is 22.5. The van der Waals surface area contributed by atoms with E-state index in [-0.39, 0.29) is 10.8 Å². The Morgan fingerprint density at radius 1 is 0.451 bits per heavy atom. The minimum absolute atomic E-state index is 0.316. The van der Waals surface area contributed by atoms with E-state index in [1.807, 2.05) is 83.1 Å². The molecule has 0 radical (unpaired) electrons. The van der Waals surface area contributed by atoms with Crippen molar-refractivity contribution >= 4 is 20.4 Å². The first kappa shape index (κ1) is 43.1. The average molecular weight is 749 g/mol. The second-order valence-electron chi connectivity index (χ2n) is 20.1. The molecule has 51 heavy (non-hydrogen) atoms. The zero-order valence-electron chi connectivity index (χ0n) is 34.4. The minimum Gasteiger partial charge on any atom is -0.200 e. The molecule has 0 aromatic heterocycles. The second kappa shape index (κ2) is 13.2. The number of alkyl halides is 3. The van der Waals surface area contributed by atoms with Crippen molar-refractivity contribution in [2.24, 2.45) is 0 Å². The smallest absolute Gasteiger partial charge is 0.200 e. The lowest BCUT2D eigenvalue weighted by atomic mass is 9.75. The average Bonchev–Trinajstić information content (AvgIpc) is 2.91. The Morgan fingerprint density at radius 2 is 0.725 bits per heavy atom. The summed E-state index contributed by atoms with van der Waals surface area (Å²) >= 11 is 0.